The lowest BCUT2D eigenvalue weighted by Gasteiger charge is -2.14. The van der Waals surface area contributed by atoms with E-state index in [0.717, 1.165) is 26.5 Å². The van der Waals surface area contributed by atoms with E-state index in [-0.39, 0.29) is 17.7 Å². The van der Waals surface area contributed by atoms with Crippen molar-refractivity contribution in [1.82, 2.24) is 4.90 Å². The molecule has 1 aliphatic rings. The second kappa shape index (κ2) is 10.8. The summed E-state index contributed by atoms with van der Waals surface area (Å²) in [5.41, 5.74) is 1.82. The number of halogens is 2. The molecule has 0 bridgehead atoms. The van der Waals surface area contributed by atoms with Gasteiger partial charge in [-0.1, -0.05) is 12.1 Å². The number of hydrogen-bond donors (Lipinski definition) is 0. The molecule has 1 fully saturated rings. The molecular weight excluding hydrogens is 632 g/mol. The predicted molar refractivity (Wildman–Crippen MR) is 134 cm³/mol. The van der Waals surface area contributed by atoms with E-state index in [9.17, 15) is 9.59 Å². The standard InChI is InChI=1S/C21H19I2NO5S/c1-27-8-7-24-20(25)18(30-21(24)26)11-14-9-16(23)19(17(10-14)28-2)29-12-13-3-5-15(22)6-4-13/h3-6,9-11H,7-8,12H2,1-2H3/b18-11+. The van der Waals surface area contributed by atoms with Crippen molar-refractivity contribution < 1.29 is 23.8 Å². The first-order chi connectivity index (χ1) is 14.4. The minimum atomic E-state index is -0.310. The molecule has 0 spiro atoms. The van der Waals surface area contributed by atoms with Crippen LogP contribution in [0.1, 0.15) is 11.1 Å². The molecule has 1 saturated heterocycles. The van der Waals surface area contributed by atoms with Gasteiger partial charge in [0.2, 0.25) is 0 Å². The average molecular weight is 651 g/mol. The normalized spacial score (nSPS) is 15.2. The first-order valence-electron chi connectivity index (χ1n) is 8.92. The molecule has 0 radical (unpaired) electrons. The zero-order valence-electron chi connectivity index (χ0n) is 16.3. The Morgan fingerprint density at radius 3 is 2.50 bits per heavy atom. The summed E-state index contributed by atoms with van der Waals surface area (Å²) in [6.45, 7) is 0.968. The summed E-state index contributed by atoms with van der Waals surface area (Å²) in [5.74, 6) is 0.898. The summed E-state index contributed by atoms with van der Waals surface area (Å²) < 4.78 is 18.5. The van der Waals surface area contributed by atoms with Gasteiger partial charge in [0.15, 0.2) is 11.5 Å². The van der Waals surface area contributed by atoms with Crippen molar-refractivity contribution in [2.24, 2.45) is 0 Å². The molecule has 158 valence electrons. The fourth-order valence-electron chi connectivity index (χ4n) is 2.73. The third kappa shape index (κ3) is 5.68. The van der Waals surface area contributed by atoms with Crippen LogP contribution >= 0.6 is 56.9 Å². The number of nitrogens with zero attached hydrogens (tertiary/aromatic N) is 1. The van der Waals surface area contributed by atoms with Crippen LogP contribution in [0.5, 0.6) is 11.5 Å². The third-order valence-electron chi connectivity index (χ3n) is 4.24. The monoisotopic (exact) mass is 651 g/mol. The third-order valence-corrected chi connectivity index (χ3v) is 6.67. The number of hydrogen-bond acceptors (Lipinski definition) is 6. The van der Waals surface area contributed by atoms with Crippen molar-refractivity contribution in [1.29, 1.82) is 0 Å². The number of methoxy groups -OCH3 is 2. The van der Waals surface area contributed by atoms with Crippen molar-refractivity contribution in [3.8, 4) is 11.5 Å². The minimum absolute atomic E-state index is 0.241. The lowest BCUT2D eigenvalue weighted by molar-refractivity contribution is -0.123. The van der Waals surface area contributed by atoms with Crippen molar-refractivity contribution in [2.45, 2.75) is 6.61 Å². The highest BCUT2D eigenvalue weighted by molar-refractivity contribution is 14.1. The molecule has 0 unspecified atom stereocenters. The van der Waals surface area contributed by atoms with Crippen molar-refractivity contribution >= 4 is 74.2 Å². The maximum atomic E-state index is 12.5. The molecule has 0 saturated carbocycles. The second-order valence-corrected chi connectivity index (χ2v) is 9.68. The number of carbonyl (C=O) groups excluding carboxylic acids is 2. The molecule has 2 amide bonds. The highest BCUT2D eigenvalue weighted by Crippen LogP contribution is 2.37. The van der Waals surface area contributed by atoms with Gasteiger partial charge >= 0.3 is 0 Å². The largest absolute Gasteiger partial charge is 0.493 e. The summed E-state index contributed by atoms with van der Waals surface area (Å²) in [5, 5.41) is -0.289. The molecule has 0 atom stereocenters. The van der Waals surface area contributed by atoms with Gasteiger partial charge in [0.25, 0.3) is 11.1 Å². The number of rotatable bonds is 8. The van der Waals surface area contributed by atoms with Gasteiger partial charge in [-0.05, 0) is 98.4 Å². The molecular formula is C21H19I2NO5S. The molecule has 0 aromatic heterocycles. The summed E-state index contributed by atoms with van der Waals surface area (Å²) in [6, 6.07) is 11.8. The number of amides is 2. The van der Waals surface area contributed by atoms with Crippen LogP contribution in [-0.2, 0) is 16.1 Å². The predicted octanol–water partition coefficient (Wildman–Crippen LogP) is 5.17. The Morgan fingerprint density at radius 1 is 1.10 bits per heavy atom. The Morgan fingerprint density at radius 2 is 1.83 bits per heavy atom. The minimum Gasteiger partial charge on any atom is -0.493 e. The van der Waals surface area contributed by atoms with Gasteiger partial charge in [-0.3, -0.25) is 14.5 Å². The Labute approximate surface area is 206 Å². The van der Waals surface area contributed by atoms with Gasteiger partial charge in [0.05, 0.1) is 28.7 Å². The summed E-state index contributed by atoms with van der Waals surface area (Å²) >= 11 is 5.37. The second-order valence-electron chi connectivity index (χ2n) is 6.28. The van der Waals surface area contributed by atoms with Gasteiger partial charge < -0.3 is 14.2 Å². The summed E-state index contributed by atoms with van der Waals surface area (Å²) in [4.78, 5) is 26.2. The Bertz CT molecular complexity index is 978. The molecule has 2 aromatic carbocycles. The van der Waals surface area contributed by atoms with Gasteiger partial charge in [-0.15, -0.1) is 0 Å². The van der Waals surface area contributed by atoms with Crippen LogP contribution in [0.4, 0.5) is 4.79 Å². The van der Waals surface area contributed by atoms with Crippen molar-refractivity contribution in [2.75, 3.05) is 27.4 Å². The number of thioether (sulfide) groups is 1. The van der Waals surface area contributed by atoms with Crippen LogP contribution in [0.25, 0.3) is 6.08 Å². The smallest absolute Gasteiger partial charge is 0.293 e. The van der Waals surface area contributed by atoms with Gasteiger partial charge in [-0.2, -0.15) is 0 Å². The highest BCUT2D eigenvalue weighted by atomic mass is 127. The van der Waals surface area contributed by atoms with E-state index in [1.165, 1.54) is 15.6 Å². The number of ether oxygens (including phenoxy) is 3. The maximum Gasteiger partial charge on any atom is 0.293 e. The van der Waals surface area contributed by atoms with E-state index < -0.39 is 0 Å². The van der Waals surface area contributed by atoms with Crippen LogP contribution in [-0.4, -0.2) is 43.4 Å². The molecule has 0 aliphatic carbocycles. The van der Waals surface area contributed by atoms with Gasteiger partial charge in [0.1, 0.15) is 6.61 Å². The van der Waals surface area contributed by atoms with E-state index >= 15 is 0 Å². The number of carbonyl (C=O) groups is 2. The molecule has 30 heavy (non-hydrogen) atoms. The van der Waals surface area contributed by atoms with Crippen LogP contribution in [0.3, 0.4) is 0 Å². The highest BCUT2D eigenvalue weighted by Gasteiger charge is 2.34. The molecule has 6 nitrogen and oxygen atoms in total. The first-order valence-corrected chi connectivity index (χ1v) is 11.9. The lowest BCUT2D eigenvalue weighted by atomic mass is 10.1. The SMILES string of the molecule is COCCN1C(=O)S/C(=C/c2cc(I)c(OCc3ccc(I)cc3)c(OC)c2)C1=O. The first kappa shape index (κ1) is 23.4. The maximum absolute atomic E-state index is 12.5. The quantitative estimate of drug-likeness (QED) is 0.290. The fraction of sp³-hybridized carbons (Fsp3) is 0.238. The Kier molecular flexibility index (Phi) is 8.43. The lowest BCUT2D eigenvalue weighted by Crippen LogP contribution is -2.31. The van der Waals surface area contributed by atoms with E-state index in [1.807, 2.05) is 30.3 Å². The van der Waals surface area contributed by atoms with Crippen molar-refractivity contribution in [3.05, 3.63) is 59.6 Å². The summed E-state index contributed by atoms with van der Waals surface area (Å²) in [6.07, 6.45) is 1.70. The van der Waals surface area contributed by atoms with Crippen LogP contribution < -0.4 is 9.47 Å². The van der Waals surface area contributed by atoms with Crippen molar-refractivity contribution in [3.63, 3.8) is 0 Å². The zero-order chi connectivity index (χ0) is 21.7. The molecule has 1 heterocycles. The van der Waals surface area contributed by atoms with E-state index in [0.29, 0.717) is 29.6 Å². The zero-order valence-corrected chi connectivity index (χ0v) is 21.4. The molecule has 1 aliphatic heterocycles. The Balaban J connectivity index is 1.79. The number of benzene rings is 2. The van der Waals surface area contributed by atoms with Crippen LogP contribution in [0, 0.1) is 7.14 Å². The molecule has 0 N–H and O–H groups in total. The summed E-state index contributed by atoms with van der Waals surface area (Å²) in [7, 11) is 3.11. The van der Waals surface area contributed by atoms with E-state index in [1.54, 1.807) is 19.3 Å². The van der Waals surface area contributed by atoms with E-state index in [2.05, 4.69) is 45.2 Å². The molecule has 9 heteroatoms. The van der Waals surface area contributed by atoms with Crippen LogP contribution in [0.15, 0.2) is 41.3 Å². The number of imide groups is 1. The molecule has 2 aromatic rings. The van der Waals surface area contributed by atoms with Crippen LogP contribution in [0.2, 0.25) is 0 Å². The topological polar surface area (TPSA) is 65.1 Å². The average Bonchev–Trinajstić information content (AvgIpc) is 2.99. The van der Waals surface area contributed by atoms with E-state index in [4.69, 9.17) is 14.2 Å². The fourth-order valence-corrected chi connectivity index (χ4v) is 4.73. The molecule has 3 rings (SSSR count). The Hall–Kier alpha value is -1.31. The van der Waals surface area contributed by atoms with Gasteiger partial charge in [-0.25, -0.2) is 0 Å². The van der Waals surface area contributed by atoms with Gasteiger partial charge in [0, 0.05) is 10.7 Å².